The molecule has 2 amide bonds. The third kappa shape index (κ3) is 5.13. The second-order valence-corrected chi connectivity index (χ2v) is 6.97. The van der Waals surface area contributed by atoms with Gasteiger partial charge in [0.05, 0.1) is 22.9 Å². The van der Waals surface area contributed by atoms with Crippen molar-refractivity contribution in [3.05, 3.63) is 80.1 Å². The number of hydrogen-bond acceptors (Lipinski definition) is 7. The molecule has 0 bridgehead atoms. The van der Waals surface area contributed by atoms with Crippen LogP contribution in [-0.2, 0) is 9.53 Å². The van der Waals surface area contributed by atoms with Crippen molar-refractivity contribution in [1.82, 2.24) is 20.6 Å². The number of ether oxygens (including phenoxy) is 1. The maximum atomic E-state index is 12.7. The molecule has 0 atom stereocenters. The zero-order valence-electron chi connectivity index (χ0n) is 17.7. The Balaban J connectivity index is 2.04. The van der Waals surface area contributed by atoms with Crippen molar-refractivity contribution in [2.24, 2.45) is 0 Å². The van der Waals surface area contributed by atoms with Gasteiger partial charge in [0.2, 0.25) is 0 Å². The fourth-order valence-corrected chi connectivity index (χ4v) is 3.09. The molecule has 0 aliphatic heterocycles. The average molecular weight is 488 g/mol. The fraction of sp³-hybridized carbons (Fsp3) is 0.143. The van der Waals surface area contributed by atoms with Crippen LogP contribution < -0.4 is 16.4 Å². The fourth-order valence-electron chi connectivity index (χ4n) is 3.03. The average Bonchev–Trinajstić information content (AvgIpc) is 3.19. The quantitative estimate of drug-likeness (QED) is 0.198. The number of carbonyl (C=O) groups excluding carboxylic acids is 3. The lowest BCUT2D eigenvalue weighted by atomic mass is 10.1. The zero-order valence-corrected chi connectivity index (χ0v) is 18.4. The molecule has 1 aromatic heterocycles. The minimum absolute atomic E-state index is 0.0349. The topological polar surface area (TPSA) is 165 Å². The normalized spacial score (nSPS) is 10.4. The summed E-state index contributed by atoms with van der Waals surface area (Å²) in [7, 11) is 0. The maximum absolute atomic E-state index is 12.7. The van der Waals surface area contributed by atoms with Gasteiger partial charge in [-0.3, -0.25) is 45.1 Å². The molecule has 0 fully saturated rings. The summed E-state index contributed by atoms with van der Waals surface area (Å²) < 4.78 is 6.32. The van der Waals surface area contributed by atoms with Gasteiger partial charge >= 0.3 is 5.97 Å². The third-order valence-electron chi connectivity index (χ3n) is 4.56. The number of H-pyrrole nitrogens is 1. The number of aromatic amines is 1. The van der Waals surface area contributed by atoms with Crippen LogP contribution in [0.1, 0.15) is 27.6 Å². The summed E-state index contributed by atoms with van der Waals surface area (Å²) in [4.78, 5) is 58.9. The summed E-state index contributed by atoms with van der Waals surface area (Å²) in [5.41, 5.74) is 4.21. The molecule has 0 saturated heterocycles. The molecule has 0 radical (unpaired) electrons. The molecule has 0 aliphatic carbocycles. The number of halogens is 1. The molecule has 0 unspecified atom stereocenters. The SMILES string of the molecule is CCOC(=O)c1c(-c2ccc([N+](=O)[O-])cc2)n(-c2ccc(C(=O)NNC(=O)CCl)cc2)[nH]c1=O. The van der Waals surface area contributed by atoms with Crippen molar-refractivity contribution in [2.75, 3.05) is 12.5 Å². The van der Waals surface area contributed by atoms with Crippen molar-refractivity contribution < 1.29 is 24.0 Å². The number of rotatable bonds is 7. The second-order valence-electron chi connectivity index (χ2n) is 6.71. The van der Waals surface area contributed by atoms with E-state index in [2.05, 4.69) is 16.0 Å². The van der Waals surface area contributed by atoms with Gasteiger partial charge in [-0.05, 0) is 43.3 Å². The zero-order chi connectivity index (χ0) is 24.8. The van der Waals surface area contributed by atoms with Crippen LogP contribution >= 0.6 is 11.6 Å². The van der Waals surface area contributed by atoms with E-state index in [1.807, 2.05) is 0 Å². The first-order valence-corrected chi connectivity index (χ1v) is 10.3. The molecule has 13 heteroatoms. The lowest BCUT2D eigenvalue weighted by molar-refractivity contribution is -0.384. The standard InChI is InChI=1S/C21H18ClN5O7/c1-2-34-21(31)17-18(12-3-9-15(10-4-12)27(32)33)26(25-20(17)30)14-7-5-13(6-8-14)19(29)24-23-16(28)11-22/h3-10H,2,11H2,1H3,(H,23,28)(H,24,29)(H,25,30). The first-order valence-electron chi connectivity index (χ1n) is 9.79. The van der Waals surface area contributed by atoms with E-state index < -0.39 is 28.3 Å². The lowest BCUT2D eigenvalue weighted by Gasteiger charge is -2.11. The number of amides is 2. The number of nitro benzene ring substituents is 1. The molecule has 2 aromatic carbocycles. The van der Waals surface area contributed by atoms with Gasteiger partial charge in [-0.25, -0.2) is 4.79 Å². The number of aromatic nitrogens is 2. The molecule has 3 aromatic rings. The van der Waals surface area contributed by atoms with Gasteiger partial charge in [-0.15, -0.1) is 11.6 Å². The maximum Gasteiger partial charge on any atom is 0.346 e. The Morgan fingerprint density at radius 1 is 1.09 bits per heavy atom. The Bertz CT molecular complexity index is 1300. The highest BCUT2D eigenvalue weighted by molar-refractivity contribution is 6.27. The van der Waals surface area contributed by atoms with Crippen LogP contribution in [0.15, 0.2) is 53.3 Å². The van der Waals surface area contributed by atoms with E-state index in [-0.39, 0.29) is 35.0 Å². The van der Waals surface area contributed by atoms with Crippen molar-refractivity contribution in [2.45, 2.75) is 6.92 Å². The largest absolute Gasteiger partial charge is 0.462 e. The number of esters is 1. The highest BCUT2D eigenvalue weighted by Gasteiger charge is 2.25. The van der Waals surface area contributed by atoms with E-state index >= 15 is 0 Å². The van der Waals surface area contributed by atoms with E-state index in [1.54, 1.807) is 6.92 Å². The first kappa shape index (κ1) is 24.2. The minimum atomic E-state index is -0.859. The van der Waals surface area contributed by atoms with Crippen LogP contribution in [-0.4, -0.2) is 45.0 Å². The smallest absolute Gasteiger partial charge is 0.346 e. The Morgan fingerprint density at radius 2 is 1.74 bits per heavy atom. The first-order chi connectivity index (χ1) is 16.3. The summed E-state index contributed by atoms with van der Waals surface area (Å²) >= 11 is 5.35. The highest BCUT2D eigenvalue weighted by Crippen LogP contribution is 2.27. The summed E-state index contributed by atoms with van der Waals surface area (Å²) in [6, 6.07) is 11.2. The third-order valence-corrected chi connectivity index (χ3v) is 4.80. The summed E-state index contributed by atoms with van der Waals surface area (Å²) in [6.07, 6.45) is 0. The van der Waals surface area contributed by atoms with E-state index in [4.69, 9.17) is 16.3 Å². The molecular weight excluding hydrogens is 470 g/mol. The number of benzene rings is 2. The van der Waals surface area contributed by atoms with Crippen LogP contribution in [0.4, 0.5) is 5.69 Å². The van der Waals surface area contributed by atoms with Crippen LogP contribution in [0.5, 0.6) is 0 Å². The molecular formula is C21H18ClN5O7. The van der Waals surface area contributed by atoms with Gasteiger partial charge in [0.1, 0.15) is 5.88 Å². The molecule has 0 aliphatic rings. The number of carbonyl (C=O) groups is 3. The van der Waals surface area contributed by atoms with Crippen LogP contribution in [0.25, 0.3) is 16.9 Å². The number of nitrogens with zero attached hydrogens (tertiary/aromatic N) is 2. The molecule has 3 rings (SSSR count). The monoisotopic (exact) mass is 487 g/mol. The molecule has 0 saturated carbocycles. The van der Waals surface area contributed by atoms with Gasteiger partial charge in [0.15, 0.2) is 5.56 Å². The second kappa shape index (κ2) is 10.4. The van der Waals surface area contributed by atoms with E-state index in [1.165, 1.54) is 53.2 Å². The van der Waals surface area contributed by atoms with Gasteiger partial charge < -0.3 is 4.74 Å². The molecule has 34 heavy (non-hydrogen) atoms. The Kier molecular flexibility index (Phi) is 7.43. The van der Waals surface area contributed by atoms with Crippen LogP contribution in [0.2, 0.25) is 0 Å². The molecule has 3 N–H and O–H groups in total. The van der Waals surface area contributed by atoms with Gasteiger partial charge in [-0.2, -0.15) is 0 Å². The number of hydrogen-bond donors (Lipinski definition) is 3. The van der Waals surface area contributed by atoms with E-state index in [0.29, 0.717) is 11.3 Å². The molecule has 176 valence electrons. The lowest BCUT2D eigenvalue weighted by Crippen LogP contribution is -2.42. The van der Waals surface area contributed by atoms with Crippen molar-refractivity contribution in [1.29, 1.82) is 0 Å². The van der Waals surface area contributed by atoms with Crippen molar-refractivity contribution >= 4 is 35.1 Å². The summed E-state index contributed by atoms with van der Waals surface area (Å²) in [5, 5.41) is 13.6. The summed E-state index contributed by atoms with van der Waals surface area (Å²) in [5.74, 6) is -2.37. The molecule has 12 nitrogen and oxygen atoms in total. The van der Waals surface area contributed by atoms with Crippen LogP contribution in [0.3, 0.4) is 0 Å². The van der Waals surface area contributed by atoms with Crippen LogP contribution in [0, 0.1) is 10.1 Å². The number of non-ortho nitro benzene ring substituents is 1. The van der Waals surface area contributed by atoms with Gasteiger partial charge in [-0.1, -0.05) is 0 Å². The Hall–Kier alpha value is -4.45. The number of alkyl halides is 1. The van der Waals surface area contributed by atoms with E-state index in [9.17, 15) is 29.3 Å². The number of nitro groups is 1. The predicted molar refractivity (Wildman–Crippen MR) is 121 cm³/mol. The summed E-state index contributed by atoms with van der Waals surface area (Å²) in [6.45, 7) is 1.63. The minimum Gasteiger partial charge on any atom is -0.462 e. The molecule has 0 spiro atoms. The Morgan fingerprint density at radius 3 is 2.29 bits per heavy atom. The number of hydrazine groups is 1. The molecule has 1 heterocycles. The number of nitrogens with one attached hydrogen (secondary N) is 3. The van der Waals surface area contributed by atoms with Gasteiger partial charge in [0.25, 0.3) is 23.1 Å². The van der Waals surface area contributed by atoms with Crippen molar-refractivity contribution in [3.8, 4) is 16.9 Å². The highest BCUT2D eigenvalue weighted by atomic mass is 35.5. The van der Waals surface area contributed by atoms with Crippen molar-refractivity contribution in [3.63, 3.8) is 0 Å². The van der Waals surface area contributed by atoms with E-state index in [0.717, 1.165) is 0 Å². The Labute approximate surface area is 196 Å². The predicted octanol–water partition coefficient (Wildman–Crippen LogP) is 1.92. The van der Waals surface area contributed by atoms with Gasteiger partial charge in [0, 0.05) is 23.3 Å².